The van der Waals surface area contributed by atoms with Crippen molar-refractivity contribution in [3.05, 3.63) is 54.9 Å². The molecule has 15 heavy (non-hydrogen) atoms. The molecule has 3 rings (SSSR count). The third-order valence-electron chi connectivity index (χ3n) is 2.40. The highest BCUT2D eigenvalue weighted by Gasteiger charge is 1.99. The summed E-state index contributed by atoms with van der Waals surface area (Å²) in [6.45, 7) is 0. The van der Waals surface area contributed by atoms with Crippen molar-refractivity contribution in [1.29, 1.82) is 0 Å². The maximum Gasteiger partial charge on any atom is 0.0865 e. The predicted molar refractivity (Wildman–Crippen MR) is 58.4 cm³/mol. The van der Waals surface area contributed by atoms with Gasteiger partial charge in [0.05, 0.1) is 11.7 Å². The number of aromatic nitrogens is 3. The van der Waals surface area contributed by atoms with Crippen molar-refractivity contribution in [1.82, 2.24) is 14.8 Å². The molecule has 0 saturated heterocycles. The van der Waals surface area contributed by atoms with Gasteiger partial charge in [0.1, 0.15) is 0 Å². The van der Waals surface area contributed by atoms with Gasteiger partial charge in [0.15, 0.2) is 0 Å². The largest absolute Gasteiger partial charge is 0.220 e. The number of rotatable bonds is 1. The number of hydrogen-bond donors (Lipinski definition) is 0. The summed E-state index contributed by atoms with van der Waals surface area (Å²) in [5, 5.41) is 7.82. The summed E-state index contributed by atoms with van der Waals surface area (Å²) < 4.78 is 1.78. The maximum absolute atomic E-state index is 3.97. The minimum atomic E-state index is 1.01. The Morgan fingerprint density at radius 1 is 0.867 bits per heavy atom. The van der Waals surface area contributed by atoms with Crippen LogP contribution >= 0.6 is 0 Å². The van der Waals surface area contributed by atoms with E-state index in [1.807, 2.05) is 30.5 Å². The van der Waals surface area contributed by atoms with Crippen LogP contribution in [-0.4, -0.2) is 14.8 Å². The van der Waals surface area contributed by atoms with Crippen molar-refractivity contribution in [2.45, 2.75) is 0 Å². The van der Waals surface area contributed by atoms with Gasteiger partial charge in [-0.05, 0) is 11.6 Å². The monoisotopic (exact) mass is 195 g/mol. The van der Waals surface area contributed by atoms with Gasteiger partial charge in [0, 0.05) is 11.8 Å². The molecule has 3 aromatic rings. The Kier molecular flexibility index (Phi) is 1.75. The van der Waals surface area contributed by atoms with E-state index in [0.717, 1.165) is 11.1 Å². The summed E-state index contributed by atoms with van der Waals surface area (Å²) in [5.41, 5.74) is 3.35. The molecule has 2 heterocycles. The number of pyridine rings is 1. The number of nitrogens with zero attached hydrogens (tertiary/aromatic N) is 3. The summed E-state index contributed by atoms with van der Waals surface area (Å²) in [4.78, 5) is 0. The van der Waals surface area contributed by atoms with E-state index in [4.69, 9.17) is 0 Å². The number of benzene rings is 1. The third kappa shape index (κ3) is 1.38. The molecule has 1 aromatic carbocycles. The van der Waals surface area contributed by atoms with Crippen LogP contribution in [-0.2, 0) is 0 Å². The van der Waals surface area contributed by atoms with Gasteiger partial charge >= 0.3 is 0 Å². The first kappa shape index (κ1) is 8.17. The second-order valence-corrected chi connectivity index (χ2v) is 3.39. The summed E-state index contributed by atoms with van der Waals surface area (Å²) in [6.07, 6.45) is 3.73. The van der Waals surface area contributed by atoms with Crippen LogP contribution in [0.1, 0.15) is 0 Å². The van der Waals surface area contributed by atoms with Gasteiger partial charge in [-0.15, -0.1) is 5.10 Å². The predicted octanol–water partition coefficient (Wildman–Crippen LogP) is 2.40. The lowest BCUT2D eigenvalue weighted by atomic mass is 10.1. The first-order chi connectivity index (χ1) is 7.43. The van der Waals surface area contributed by atoms with Gasteiger partial charge in [-0.3, -0.25) is 0 Å². The molecule has 3 nitrogen and oxygen atoms in total. The van der Waals surface area contributed by atoms with Gasteiger partial charge < -0.3 is 0 Å². The molecule has 0 unspecified atom stereocenters. The van der Waals surface area contributed by atoms with Gasteiger partial charge in [0.2, 0.25) is 0 Å². The average molecular weight is 195 g/mol. The molecular weight excluding hydrogens is 186 g/mol. The smallest absolute Gasteiger partial charge is 0.0865 e. The average Bonchev–Trinajstić information content (AvgIpc) is 2.77. The quantitative estimate of drug-likeness (QED) is 0.596. The Hall–Kier alpha value is -2.16. The lowest BCUT2D eigenvalue weighted by Crippen LogP contribution is -1.88. The Morgan fingerprint density at radius 3 is 2.60 bits per heavy atom. The lowest BCUT2D eigenvalue weighted by molar-refractivity contribution is 0.856. The minimum absolute atomic E-state index is 1.01. The fourth-order valence-electron chi connectivity index (χ4n) is 1.62. The van der Waals surface area contributed by atoms with Crippen LogP contribution < -0.4 is 0 Å². The molecule has 0 N–H and O–H groups in total. The van der Waals surface area contributed by atoms with E-state index in [2.05, 4.69) is 28.5 Å². The van der Waals surface area contributed by atoms with Gasteiger partial charge in [0.25, 0.3) is 0 Å². The molecule has 0 spiro atoms. The lowest BCUT2D eigenvalue weighted by Gasteiger charge is -2.00. The molecule has 0 aliphatic rings. The van der Waals surface area contributed by atoms with Crippen molar-refractivity contribution in [3.8, 4) is 11.1 Å². The van der Waals surface area contributed by atoms with Crippen LogP contribution in [0, 0.1) is 0 Å². The van der Waals surface area contributed by atoms with Crippen molar-refractivity contribution >= 4 is 5.52 Å². The van der Waals surface area contributed by atoms with Crippen LogP contribution in [0.15, 0.2) is 54.9 Å². The highest BCUT2D eigenvalue weighted by molar-refractivity contribution is 5.64. The van der Waals surface area contributed by atoms with Crippen LogP contribution in [0.4, 0.5) is 0 Å². The SMILES string of the molecule is c1ccc(-c2ccc3cnnn3c2)cc1. The van der Waals surface area contributed by atoms with Crippen LogP contribution in [0.3, 0.4) is 0 Å². The first-order valence-electron chi connectivity index (χ1n) is 4.79. The second-order valence-electron chi connectivity index (χ2n) is 3.39. The van der Waals surface area contributed by atoms with Crippen LogP contribution in [0.5, 0.6) is 0 Å². The summed E-state index contributed by atoms with van der Waals surface area (Å²) in [7, 11) is 0. The molecule has 0 fully saturated rings. The Morgan fingerprint density at radius 2 is 1.73 bits per heavy atom. The molecule has 3 heteroatoms. The zero-order valence-corrected chi connectivity index (χ0v) is 8.04. The van der Waals surface area contributed by atoms with E-state index in [1.165, 1.54) is 5.56 Å². The van der Waals surface area contributed by atoms with E-state index in [0.29, 0.717) is 0 Å². The first-order valence-corrected chi connectivity index (χ1v) is 4.79. The van der Waals surface area contributed by atoms with Crippen LogP contribution in [0.25, 0.3) is 16.6 Å². The summed E-state index contributed by atoms with van der Waals surface area (Å²) >= 11 is 0. The minimum Gasteiger partial charge on any atom is -0.220 e. The fraction of sp³-hybridized carbons (Fsp3) is 0. The summed E-state index contributed by atoms with van der Waals surface area (Å²) in [5.74, 6) is 0. The molecule has 0 radical (unpaired) electrons. The molecule has 0 aliphatic heterocycles. The highest BCUT2D eigenvalue weighted by atomic mass is 15.4. The second kappa shape index (κ2) is 3.20. The van der Waals surface area contributed by atoms with E-state index in [1.54, 1.807) is 10.7 Å². The zero-order valence-electron chi connectivity index (χ0n) is 8.04. The number of hydrogen-bond acceptors (Lipinski definition) is 2. The van der Waals surface area contributed by atoms with Gasteiger partial charge in [-0.1, -0.05) is 41.6 Å². The van der Waals surface area contributed by atoms with Gasteiger partial charge in [-0.2, -0.15) is 0 Å². The fourth-order valence-corrected chi connectivity index (χ4v) is 1.62. The summed E-state index contributed by atoms with van der Waals surface area (Å²) in [6, 6.07) is 14.3. The van der Waals surface area contributed by atoms with Crippen molar-refractivity contribution in [3.63, 3.8) is 0 Å². The normalized spacial score (nSPS) is 10.7. The Balaban J connectivity index is 2.19. The highest BCUT2D eigenvalue weighted by Crippen LogP contribution is 2.18. The molecule has 2 aromatic heterocycles. The number of fused-ring (bicyclic) bond motifs is 1. The molecule has 72 valence electrons. The topological polar surface area (TPSA) is 30.2 Å². The van der Waals surface area contributed by atoms with Crippen LogP contribution in [0.2, 0.25) is 0 Å². The van der Waals surface area contributed by atoms with Gasteiger partial charge in [-0.25, -0.2) is 4.52 Å². The maximum atomic E-state index is 3.97. The van der Waals surface area contributed by atoms with Crippen molar-refractivity contribution in [2.24, 2.45) is 0 Å². The van der Waals surface area contributed by atoms with Crippen molar-refractivity contribution < 1.29 is 0 Å². The van der Waals surface area contributed by atoms with E-state index in [-0.39, 0.29) is 0 Å². The van der Waals surface area contributed by atoms with E-state index >= 15 is 0 Å². The van der Waals surface area contributed by atoms with E-state index < -0.39 is 0 Å². The van der Waals surface area contributed by atoms with E-state index in [9.17, 15) is 0 Å². The zero-order chi connectivity index (χ0) is 10.1. The Labute approximate surface area is 87.0 Å². The molecule has 0 bridgehead atoms. The molecular formula is C12H9N3. The van der Waals surface area contributed by atoms with Crippen molar-refractivity contribution in [2.75, 3.05) is 0 Å². The molecule has 0 atom stereocenters. The molecule has 0 saturated carbocycles. The third-order valence-corrected chi connectivity index (χ3v) is 2.40. The molecule has 0 aliphatic carbocycles. The molecule has 0 amide bonds. The Bertz CT molecular complexity index is 584. The standard InChI is InChI=1S/C12H9N3/c1-2-4-10(5-3-1)11-6-7-12-8-13-14-15(12)9-11/h1-9H.